The van der Waals surface area contributed by atoms with Crippen LogP contribution in [0.2, 0.25) is 0 Å². The lowest BCUT2D eigenvalue weighted by Gasteiger charge is -2.17. The van der Waals surface area contributed by atoms with Gasteiger partial charge in [-0.2, -0.15) is 18.8 Å². The molecule has 27 heavy (non-hydrogen) atoms. The second-order valence-corrected chi connectivity index (χ2v) is 8.38. The monoisotopic (exact) mass is 397 g/mol. The van der Waals surface area contributed by atoms with Gasteiger partial charge in [0.1, 0.15) is 17.3 Å². The molecule has 0 saturated carbocycles. The standard InChI is InChI=1S/C17H24FN5O3S/c1-5-14-15(18)17(20-10-19-14)26-13-7-8-22(9-13)27(24,25)16-11(3)21-23(6-2)12(16)4/h10,13H,5-9H2,1-4H3/t13-/m1/s1. The lowest BCUT2D eigenvalue weighted by Crippen LogP contribution is -2.32. The van der Waals surface area contributed by atoms with Crippen LogP contribution >= 0.6 is 0 Å². The van der Waals surface area contributed by atoms with Crippen molar-refractivity contribution in [1.29, 1.82) is 0 Å². The summed E-state index contributed by atoms with van der Waals surface area (Å²) in [6, 6.07) is 0. The molecule has 148 valence electrons. The molecular weight excluding hydrogens is 373 g/mol. The van der Waals surface area contributed by atoms with E-state index in [0.29, 0.717) is 37.3 Å². The highest BCUT2D eigenvalue weighted by Gasteiger charge is 2.37. The lowest BCUT2D eigenvalue weighted by atomic mass is 10.3. The minimum atomic E-state index is -3.69. The van der Waals surface area contributed by atoms with Gasteiger partial charge in [0.25, 0.3) is 5.88 Å². The lowest BCUT2D eigenvalue weighted by molar-refractivity contribution is 0.195. The predicted molar refractivity (Wildman–Crippen MR) is 96.5 cm³/mol. The molecule has 0 amide bonds. The molecule has 0 aromatic carbocycles. The SMILES string of the molecule is CCc1ncnc(O[C@@H]2CCN(S(=O)(=O)c3c(C)nn(CC)c3C)C2)c1F. The van der Waals surface area contributed by atoms with Gasteiger partial charge in [-0.1, -0.05) is 6.92 Å². The van der Waals surface area contributed by atoms with Crippen molar-refractivity contribution >= 4 is 10.0 Å². The number of aromatic nitrogens is 4. The highest BCUT2D eigenvalue weighted by molar-refractivity contribution is 7.89. The van der Waals surface area contributed by atoms with Crippen molar-refractivity contribution in [3.63, 3.8) is 0 Å². The van der Waals surface area contributed by atoms with Gasteiger partial charge in [-0.25, -0.2) is 13.4 Å². The Hall–Kier alpha value is -2.07. The van der Waals surface area contributed by atoms with E-state index in [1.807, 2.05) is 6.92 Å². The summed E-state index contributed by atoms with van der Waals surface area (Å²) < 4.78 is 49.1. The largest absolute Gasteiger partial charge is 0.471 e. The van der Waals surface area contributed by atoms with Crippen LogP contribution in [0.25, 0.3) is 0 Å². The first kappa shape index (κ1) is 19.7. The highest BCUT2D eigenvalue weighted by Crippen LogP contribution is 2.28. The molecule has 8 nitrogen and oxygen atoms in total. The van der Waals surface area contributed by atoms with E-state index in [1.165, 1.54) is 10.6 Å². The predicted octanol–water partition coefficient (Wildman–Crippen LogP) is 1.85. The fraction of sp³-hybridized carbons (Fsp3) is 0.588. The smallest absolute Gasteiger partial charge is 0.254 e. The van der Waals surface area contributed by atoms with E-state index in [0.717, 1.165) is 0 Å². The van der Waals surface area contributed by atoms with Crippen LogP contribution in [0.15, 0.2) is 11.2 Å². The van der Waals surface area contributed by atoms with Crippen LogP contribution in [0.1, 0.15) is 37.4 Å². The molecule has 1 atom stereocenters. The molecule has 1 saturated heterocycles. The zero-order chi connectivity index (χ0) is 19.8. The summed E-state index contributed by atoms with van der Waals surface area (Å²) in [5, 5.41) is 4.30. The molecule has 0 bridgehead atoms. The van der Waals surface area contributed by atoms with E-state index in [-0.39, 0.29) is 23.0 Å². The van der Waals surface area contributed by atoms with Crippen LogP contribution in [0.4, 0.5) is 4.39 Å². The second kappa shape index (κ2) is 7.51. The third-order valence-corrected chi connectivity index (χ3v) is 6.88. The van der Waals surface area contributed by atoms with Gasteiger partial charge in [-0.05, 0) is 33.6 Å². The zero-order valence-electron chi connectivity index (χ0n) is 15.9. The van der Waals surface area contributed by atoms with Crippen LogP contribution in [-0.2, 0) is 23.0 Å². The number of sulfonamides is 1. The van der Waals surface area contributed by atoms with Crippen LogP contribution < -0.4 is 4.74 Å². The van der Waals surface area contributed by atoms with Gasteiger partial charge < -0.3 is 4.74 Å². The van der Waals surface area contributed by atoms with E-state index in [4.69, 9.17) is 4.74 Å². The molecule has 2 aromatic rings. The Morgan fingerprint density at radius 2 is 2.04 bits per heavy atom. The quantitative estimate of drug-likeness (QED) is 0.739. The zero-order valence-corrected chi connectivity index (χ0v) is 16.8. The van der Waals surface area contributed by atoms with E-state index in [2.05, 4.69) is 15.1 Å². The second-order valence-electron chi connectivity index (χ2n) is 6.50. The van der Waals surface area contributed by atoms with Crippen molar-refractivity contribution in [3.8, 4) is 5.88 Å². The average Bonchev–Trinajstić information content (AvgIpc) is 3.21. The molecule has 0 aliphatic carbocycles. The summed E-state index contributed by atoms with van der Waals surface area (Å²) >= 11 is 0. The van der Waals surface area contributed by atoms with Crippen LogP contribution in [0.3, 0.4) is 0 Å². The first-order valence-electron chi connectivity index (χ1n) is 8.99. The molecule has 0 spiro atoms. The number of hydrogen-bond donors (Lipinski definition) is 0. The molecule has 1 aliphatic heterocycles. The number of halogens is 1. The molecule has 10 heteroatoms. The molecule has 0 radical (unpaired) electrons. The first-order valence-corrected chi connectivity index (χ1v) is 10.4. The normalized spacial score (nSPS) is 18.2. The van der Waals surface area contributed by atoms with Gasteiger partial charge in [0, 0.05) is 13.1 Å². The van der Waals surface area contributed by atoms with Gasteiger partial charge in [-0.3, -0.25) is 4.68 Å². The van der Waals surface area contributed by atoms with Crippen molar-refractivity contribution in [1.82, 2.24) is 24.1 Å². The van der Waals surface area contributed by atoms with Crippen LogP contribution in [0, 0.1) is 19.7 Å². The fourth-order valence-corrected chi connectivity index (χ4v) is 5.24. The Kier molecular flexibility index (Phi) is 5.48. The Bertz CT molecular complexity index is 944. The van der Waals surface area contributed by atoms with Gasteiger partial charge in [-0.15, -0.1) is 0 Å². The maximum absolute atomic E-state index is 14.3. The third-order valence-electron chi connectivity index (χ3n) is 4.76. The highest BCUT2D eigenvalue weighted by atomic mass is 32.2. The fourth-order valence-electron chi connectivity index (χ4n) is 3.38. The maximum atomic E-state index is 14.3. The minimum absolute atomic E-state index is 0.128. The first-order chi connectivity index (χ1) is 12.8. The number of nitrogens with zero attached hydrogens (tertiary/aromatic N) is 5. The van der Waals surface area contributed by atoms with Gasteiger partial charge in [0.05, 0.1) is 23.6 Å². The van der Waals surface area contributed by atoms with Crippen molar-refractivity contribution in [3.05, 3.63) is 29.2 Å². The molecular formula is C17H24FN5O3S. The molecule has 0 unspecified atom stereocenters. The Balaban J connectivity index is 1.79. The van der Waals surface area contributed by atoms with Crippen molar-refractivity contribution in [2.45, 2.75) is 58.1 Å². The van der Waals surface area contributed by atoms with Gasteiger partial charge >= 0.3 is 0 Å². The molecule has 2 aromatic heterocycles. The minimum Gasteiger partial charge on any atom is -0.471 e. The molecule has 1 aliphatic rings. The van der Waals surface area contributed by atoms with E-state index in [1.54, 1.807) is 25.5 Å². The van der Waals surface area contributed by atoms with E-state index < -0.39 is 21.9 Å². The summed E-state index contributed by atoms with van der Waals surface area (Å²) in [6.45, 7) is 8.19. The summed E-state index contributed by atoms with van der Waals surface area (Å²) in [5.41, 5.74) is 1.38. The van der Waals surface area contributed by atoms with Crippen molar-refractivity contribution in [2.75, 3.05) is 13.1 Å². The Labute approximate surface area is 158 Å². The van der Waals surface area contributed by atoms with Gasteiger partial charge in [0.15, 0.2) is 0 Å². The topological polar surface area (TPSA) is 90.2 Å². The molecule has 0 N–H and O–H groups in total. The van der Waals surface area contributed by atoms with E-state index in [9.17, 15) is 12.8 Å². The van der Waals surface area contributed by atoms with Crippen molar-refractivity contribution < 1.29 is 17.5 Å². The van der Waals surface area contributed by atoms with Gasteiger partial charge in [0.2, 0.25) is 15.8 Å². The summed E-state index contributed by atoms with van der Waals surface area (Å²) in [5.74, 6) is -0.713. The Morgan fingerprint density at radius 3 is 2.67 bits per heavy atom. The molecule has 3 heterocycles. The summed E-state index contributed by atoms with van der Waals surface area (Å²) in [4.78, 5) is 7.96. The third kappa shape index (κ3) is 3.55. The molecule has 1 fully saturated rings. The number of rotatable bonds is 6. The number of aryl methyl sites for hydroxylation is 3. The van der Waals surface area contributed by atoms with Crippen LogP contribution in [0.5, 0.6) is 5.88 Å². The molecule has 3 rings (SSSR count). The summed E-state index contributed by atoms with van der Waals surface area (Å²) in [6.07, 6.45) is 1.68. The Morgan fingerprint density at radius 1 is 1.30 bits per heavy atom. The van der Waals surface area contributed by atoms with Crippen molar-refractivity contribution in [2.24, 2.45) is 0 Å². The average molecular weight is 397 g/mol. The number of ether oxygens (including phenoxy) is 1. The summed E-state index contributed by atoms with van der Waals surface area (Å²) in [7, 11) is -3.69. The maximum Gasteiger partial charge on any atom is 0.254 e. The van der Waals surface area contributed by atoms with Crippen LogP contribution in [-0.4, -0.2) is 51.7 Å². The number of hydrogen-bond acceptors (Lipinski definition) is 6. The van der Waals surface area contributed by atoms with E-state index >= 15 is 0 Å².